The van der Waals surface area contributed by atoms with Crippen LogP contribution >= 0.6 is 0 Å². The molecular weight excluding hydrogens is 1050 g/mol. The molecule has 0 aromatic rings. The third-order valence-electron chi connectivity index (χ3n) is 12.7. The lowest BCUT2D eigenvalue weighted by molar-refractivity contribution is -0.138. The number of hydrogen-bond acceptors (Lipinski definition) is 16. The molecule has 0 aromatic carbocycles. The number of nitrogens with one attached hydrogen (secondary N) is 8. The molecule has 1 aliphatic heterocycles. The molecule has 1 rings (SSSR count). The third-order valence-corrected chi connectivity index (χ3v) is 12.7. The molecule has 1 saturated heterocycles. The largest absolute Gasteiger partial charge is 0.391 e. The zero-order chi connectivity index (χ0) is 60.5. The van der Waals surface area contributed by atoms with Gasteiger partial charge in [-0.2, -0.15) is 0 Å². The molecule has 10 amide bonds. The second kappa shape index (κ2) is 38.1. The van der Waals surface area contributed by atoms with Gasteiger partial charge in [0.15, 0.2) is 17.9 Å². The van der Waals surface area contributed by atoms with Gasteiger partial charge in [0.25, 0.3) is 0 Å². The number of carbonyl (C=O) groups excluding carboxylic acids is 10. The van der Waals surface area contributed by atoms with E-state index in [2.05, 4.69) is 57.5 Å². The Hall–Kier alpha value is -7.61. The van der Waals surface area contributed by atoms with E-state index in [9.17, 15) is 53.1 Å². The maximum Gasteiger partial charge on any atom is 0.243 e. The first-order valence-corrected chi connectivity index (χ1v) is 27.0. The van der Waals surface area contributed by atoms with Crippen LogP contribution in [0.2, 0.25) is 0 Å². The van der Waals surface area contributed by atoms with Gasteiger partial charge in [-0.1, -0.05) is 6.92 Å². The summed E-state index contributed by atoms with van der Waals surface area (Å²) >= 11 is 0. The Labute approximate surface area is 466 Å². The van der Waals surface area contributed by atoms with E-state index in [0.29, 0.717) is 45.1 Å². The second-order valence-corrected chi connectivity index (χ2v) is 19.4. The molecule has 0 radical (unpaired) electrons. The number of nitrogens with two attached hydrogens (primary N) is 9. The number of nitrogens with zero attached hydrogens (tertiary/aromatic N) is 4. The van der Waals surface area contributed by atoms with Crippen molar-refractivity contribution in [2.24, 2.45) is 66.6 Å². The van der Waals surface area contributed by atoms with Gasteiger partial charge in [-0.05, 0) is 123 Å². The molecule has 1 aliphatic rings. The Balaban J connectivity index is 3.53. The molecule has 32 nitrogen and oxygen atoms in total. The van der Waals surface area contributed by atoms with Crippen LogP contribution in [-0.4, -0.2) is 187 Å². The van der Waals surface area contributed by atoms with E-state index in [-0.39, 0.29) is 114 Å². The number of hydrogen-bond donors (Lipinski definition) is 18. The number of primary amides is 1. The van der Waals surface area contributed by atoms with Crippen LogP contribution in [0.1, 0.15) is 124 Å². The molecule has 0 aromatic heterocycles. The average Bonchev–Trinajstić information content (AvgIpc) is 3.90. The van der Waals surface area contributed by atoms with Crippen molar-refractivity contribution >= 4 is 77.0 Å². The lowest BCUT2D eigenvalue weighted by atomic mass is 10.0. The molecule has 0 saturated carbocycles. The zero-order valence-electron chi connectivity index (χ0n) is 46.6. The second-order valence-electron chi connectivity index (χ2n) is 19.4. The van der Waals surface area contributed by atoms with Gasteiger partial charge in [-0.15, -0.1) is 0 Å². The number of aliphatic hydroxyl groups excluding tert-OH is 1. The van der Waals surface area contributed by atoms with Gasteiger partial charge in [-0.25, -0.2) is 0 Å². The van der Waals surface area contributed by atoms with E-state index in [1.807, 2.05) is 0 Å². The van der Waals surface area contributed by atoms with E-state index in [1.165, 1.54) is 25.7 Å². The summed E-state index contributed by atoms with van der Waals surface area (Å²) in [6.45, 7) is 6.60. The zero-order valence-corrected chi connectivity index (χ0v) is 46.6. The van der Waals surface area contributed by atoms with Crippen molar-refractivity contribution in [3.05, 3.63) is 0 Å². The monoisotopic (exact) mass is 1140 g/mol. The number of amides is 10. The van der Waals surface area contributed by atoms with Gasteiger partial charge in [0.05, 0.1) is 6.10 Å². The number of carbonyl (C=O) groups is 10. The summed E-state index contributed by atoms with van der Waals surface area (Å²) < 4.78 is 0. The summed E-state index contributed by atoms with van der Waals surface area (Å²) in [4.78, 5) is 148. The smallest absolute Gasteiger partial charge is 0.243 e. The standard InChI is InChI=1S/C48H91N21O11/c1-5-29(62-40(75)32(16-10-22-58-46(52)53)63-38(73)26(2)61-45(80)35-19-13-25-69(35)28(4)71)39(74)64-33(17-11-23-59-47(54)55)43(78)66-30(14-6-8-20-49)41(76)65-31(15-7-9-21-50)42(77)67-34(18-12-24-60-48(56)57)44(79)68-36(27(3)70)37(51)72/h26-27,29-36,70H,5-25,49-50H2,1-4H3,(H2,51,72)(H,61,80)(H,62,75)(H,63,73)(H,64,74)(H,65,76)(H,66,78)(H,67,77)(H,68,79)(H4,52,53,58)(H4,54,55,59)(H4,56,57,60)/t26-,27+,29-,30-,31-,32-,33-,34-,35+,36-/m0/s1. The van der Waals surface area contributed by atoms with Crippen molar-refractivity contribution in [1.29, 1.82) is 0 Å². The highest BCUT2D eigenvalue weighted by atomic mass is 16.3. The van der Waals surface area contributed by atoms with Gasteiger partial charge in [0, 0.05) is 33.1 Å². The fourth-order valence-corrected chi connectivity index (χ4v) is 8.33. The Morgan fingerprint density at radius 2 is 0.838 bits per heavy atom. The first kappa shape index (κ1) is 70.4. The number of rotatable bonds is 39. The predicted molar refractivity (Wildman–Crippen MR) is 298 cm³/mol. The molecule has 10 atom stereocenters. The van der Waals surface area contributed by atoms with Crippen molar-refractivity contribution in [2.45, 2.75) is 184 Å². The Bertz CT molecular complexity index is 2130. The topological polar surface area (TPSA) is 562 Å². The highest BCUT2D eigenvalue weighted by Crippen LogP contribution is 2.18. The number of unbranched alkanes of at least 4 members (excludes halogenated alkanes) is 2. The first-order valence-electron chi connectivity index (χ1n) is 27.0. The van der Waals surface area contributed by atoms with Gasteiger partial charge >= 0.3 is 0 Å². The minimum atomic E-state index is -1.52. The van der Waals surface area contributed by atoms with Crippen LogP contribution in [0, 0.1) is 0 Å². The van der Waals surface area contributed by atoms with E-state index < -0.39 is 114 Å². The summed E-state index contributed by atoms with van der Waals surface area (Å²) in [5, 5.41) is 30.9. The SMILES string of the molecule is CC[C@H](NC(=O)[C@H](CCCN=C(N)N)NC(=O)[C@H](C)NC(=O)[C@H]1CCCN1C(C)=O)C(=O)N[C@@H](CCCN=C(N)N)C(=O)N[C@@H](CCCCN)C(=O)N[C@@H](CCCCN)C(=O)N[C@@H](CCCN=C(N)N)C(=O)N[C@H](C(N)=O)[C@@H](C)O. The molecule has 0 spiro atoms. The van der Waals surface area contributed by atoms with Crippen LogP contribution in [0.3, 0.4) is 0 Å². The quantitative estimate of drug-likeness (QED) is 0.0154. The Morgan fingerprint density at radius 1 is 0.500 bits per heavy atom. The van der Waals surface area contributed by atoms with Crippen LogP contribution in [0.15, 0.2) is 15.0 Å². The van der Waals surface area contributed by atoms with Crippen molar-refractivity contribution < 1.29 is 53.1 Å². The van der Waals surface area contributed by atoms with Crippen molar-refractivity contribution in [2.75, 3.05) is 39.3 Å². The summed E-state index contributed by atoms with van der Waals surface area (Å²) in [6.07, 6.45) is 1.44. The maximum atomic E-state index is 14.3. The minimum absolute atomic E-state index is 0.00786. The lowest BCUT2D eigenvalue weighted by Crippen LogP contribution is -2.60. The van der Waals surface area contributed by atoms with E-state index in [0.717, 1.165) is 0 Å². The van der Waals surface area contributed by atoms with Gasteiger partial charge in [0.2, 0.25) is 59.1 Å². The molecule has 1 heterocycles. The molecular formula is C48H91N21O11. The Kier molecular flexibility index (Phi) is 33.5. The summed E-state index contributed by atoms with van der Waals surface area (Å²) in [5.41, 5.74) is 49.8. The van der Waals surface area contributed by atoms with Gasteiger partial charge in [0.1, 0.15) is 54.4 Å². The van der Waals surface area contributed by atoms with E-state index >= 15 is 0 Å². The third kappa shape index (κ3) is 27.3. The molecule has 0 bridgehead atoms. The van der Waals surface area contributed by atoms with Crippen LogP contribution in [-0.2, 0) is 47.9 Å². The fraction of sp³-hybridized carbons (Fsp3) is 0.729. The molecule has 32 heteroatoms. The summed E-state index contributed by atoms with van der Waals surface area (Å²) in [6, 6.07) is -11.4. The molecule has 0 unspecified atom stereocenters. The van der Waals surface area contributed by atoms with Gasteiger partial charge < -0.3 is 104 Å². The molecule has 27 N–H and O–H groups in total. The minimum Gasteiger partial charge on any atom is -0.391 e. The number of guanidine groups is 3. The molecule has 454 valence electrons. The molecule has 80 heavy (non-hydrogen) atoms. The highest BCUT2D eigenvalue weighted by Gasteiger charge is 2.36. The van der Waals surface area contributed by atoms with Crippen LogP contribution < -0.4 is 94.1 Å². The fourth-order valence-electron chi connectivity index (χ4n) is 8.33. The highest BCUT2D eigenvalue weighted by molar-refractivity contribution is 5.98. The normalized spacial score (nSPS) is 16.2. The summed E-state index contributed by atoms with van der Waals surface area (Å²) in [7, 11) is 0. The van der Waals surface area contributed by atoms with Crippen molar-refractivity contribution in [1.82, 2.24) is 47.4 Å². The van der Waals surface area contributed by atoms with E-state index in [4.69, 9.17) is 51.6 Å². The first-order chi connectivity index (χ1) is 37.8. The summed E-state index contributed by atoms with van der Waals surface area (Å²) in [5.74, 6) is -8.27. The van der Waals surface area contributed by atoms with Crippen LogP contribution in [0.4, 0.5) is 0 Å². The van der Waals surface area contributed by atoms with Crippen LogP contribution in [0.25, 0.3) is 0 Å². The number of likely N-dealkylation sites (tertiary alicyclic amines) is 1. The van der Waals surface area contributed by atoms with Crippen molar-refractivity contribution in [3.63, 3.8) is 0 Å². The number of aliphatic hydroxyl groups is 1. The van der Waals surface area contributed by atoms with Crippen molar-refractivity contribution in [3.8, 4) is 0 Å². The lowest BCUT2D eigenvalue weighted by Gasteiger charge is -2.28. The maximum absolute atomic E-state index is 14.3. The Morgan fingerprint density at radius 3 is 1.16 bits per heavy atom. The van der Waals surface area contributed by atoms with E-state index in [1.54, 1.807) is 6.92 Å². The molecule has 1 fully saturated rings. The number of aliphatic imine (C=N–C) groups is 3. The molecule has 0 aliphatic carbocycles. The van der Waals surface area contributed by atoms with Gasteiger partial charge in [-0.3, -0.25) is 62.9 Å². The predicted octanol–water partition coefficient (Wildman–Crippen LogP) is -7.41. The van der Waals surface area contributed by atoms with Crippen LogP contribution in [0.5, 0.6) is 0 Å². The average molecular weight is 1140 g/mol.